The third-order valence-corrected chi connectivity index (χ3v) is 9.95. The van der Waals surface area contributed by atoms with Crippen LogP contribution in [0.5, 0.6) is 0 Å². The number of fused-ring (bicyclic) bond motifs is 5. The van der Waals surface area contributed by atoms with E-state index in [0.717, 1.165) is 44.1 Å². The molecule has 9 atom stereocenters. The molecule has 5 nitrogen and oxygen atoms in total. The first-order valence-electron chi connectivity index (χ1n) is 11.4. The van der Waals surface area contributed by atoms with Crippen LogP contribution in [-0.4, -0.2) is 33.1 Å². The third-order valence-electron chi connectivity index (χ3n) is 9.95. The molecule has 4 aliphatic rings. The summed E-state index contributed by atoms with van der Waals surface area (Å²) in [7, 11) is 0. The second kappa shape index (κ2) is 6.41. The first-order valence-corrected chi connectivity index (χ1v) is 11.4. The normalized spacial score (nSPS) is 51.8. The molecule has 0 radical (unpaired) electrons. The van der Waals surface area contributed by atoms with Crippen molar-refractivity contribution in [3.63, 3.8) is 0 Å². The van der Waals surface area contributed by atoms with Gasteiger partial charge in [0.1, 0.15) is 0 Å². The van der Waals surface area contributed by atoms with Crippen LogP contribution in [0.1, 0.15) is 76.7 Å². The second-order valence-corrected chi connectivity index (χ2v) is 10.9. The number of hydrogen-bond donors (Lipinski definition) is 3. The Labute approximate surface area is 172 Å². The van der Waals surface area contributed by atoms with Gasteiger partial charge in [-0.25, -0.2) is 4.79 Å². The first-order chi connectivity index (χ1) is 13.7. The summed E-state index contributed by atoms with van der Waals surface area (Å²) in [6, 6.07) is 3.31. The van der Waals surface area contributed by atoms with Gasteiger partial charge >= 0.3 is 5.63 Å². The summed E-state index contributed by atoms with van der Waals surface area (Å²) < 4.78 is 5.14. The van der Waals surface area contributed by atoms with Gasteiger partial charge in [0.2, 0.25) is 0 Å². The van der Waals surface area contributed by atoms with Crippen LogP contribution in [0.15, 0.2) is 27.6 Å². The molecule has 0 amide bonds. The van der Waals surface area contributed by atoms with Gasteiger partial charge in [-0.2, -0.15) is 0 Å². The molecule has 3 N–H and O–H groups in total. The largest absolute Gasteiger partial charge is 0.431 e. The summed E-state index contributed by atoms with van der Waals surface area (Å²) in [5.74, 6) is 0.618. The lowest BCUT2D eigenvalue weighted by Gasteiger charge is -2.64. The lowest BCUT2D eigenvalue weighted by Crippen LogP contribution is -2.66. The Morgan fingerprint density at radius 2 is 1.83 bits per heavy atom. The molecule has 0 aromatic carbocycles. The standard InChI is InChI=1S/C24H34O5/c1-22-8-5-16(25)11-15(22)12-19(26)21-18(22)6-9-23(2)17(7-10-24(21,23)28)14-3-4-20(27)29-13-14/h3-4,13,15-19,21,25-26,28H,5-12H2,1-2H3/t15-,16-,17+,18-,19-,21-,22-,23+,24-/m1/s1. The van der Waals surface area contributed by atoms with Gasteiger partial charge in [-0.05, 0) is 86.2 Å². The maximum absolute atomic E-state index is 12.2. The van der Waals surface area contributed by atoms with Gasteiger partial charge in [-0.3, -0.25) is 0 Å². The van der Waals surface area contributed by atoms with Crippen molar-refractivity contribution in [1.29, 1.82) is 0 Å². The Kier molecular flexibility index (Phi) is 4.37. The van der Waals surface area contributed by atoms with Gasteiger partial charge in [0.05, 0.1) is 24.1 Å². The van der Waals surface area contributed by atoms with Crippen LogP contribution in [0.4, 0.5) is 0 Å². The van der Waals surface area contributed by atoms with Crippen molar-refractivity contribution in [3.05, 3.63) is 34.4 Å². The van der Waals surface area contributed by atoms with E-state index < -0.39 is 11.7 Å². The van der Waals surface area contributed by atoms with E-state index in [1.807, 2.05) is 6.07 Å². The Hall–Kier alpha value is -1.17. The molecule has 5 rings (SSSR count). The molecule has 0 bridgehead atoms. The Bertz CT molecular complexity index is 829. The lowest BCUT2D eigenvalue weighted by molar-refractivity contribution is -0.238. The summed E-state index contributed by atoms with van der Waals surface area (Å²) in [6.07, 6.45) is 7.47. The molecule has 4 aliphatic carbocycles. The highest BCUT2D eigenvalue weighted by Crippen LogP contribution is 2.70. The molecule has 29 heavy (non-hydrogen) atoms. The monoisotopic (exact) mass is 402 g/mol. The molecule has 4 fully saturated rings. The molecule has 5 heteroatoms. The lowest BCUT2D eigenvalue weighted by atomic mass is 9.42. The molecule has 1 heterocycles. The Morgan fingerprint density at radius 1 is 1.03 bits per heavy atom. The fourth-order valence-corrected chi connectivity index (χ4v) is 8.29. The van der Waals surface area contributed by atoms with Crippen LogP contribution in [0.2, 0.25) is 0 Å². The SMILES string of the molecule is C[C@@]12CC[C@@H](O)C[C@@H]1C[C@@H](O)[C@H]1[C@H]2CC[C@@]2(C)[C@H](c3ccc(=O)oc3)CC[C@@]12O. The van der Waals surface area contributed by atoms with E-state index in [-0.39, 0.29) is 40.3 Å². The van der Waals surface area contributed by atoms with Crippen molar-refractivity contribution >= 4 is 0 Å². The zero-order chi connectivity index (χ0) is 20.6. The number of rotatable bonds is 1. The Morgan fingerprint density at radius 3 is 2.55 bits per heavy atom. The molecule has 160 valence electrons. The van der Waals surface area contributed by atoms with Crippen LogP contribution >= 0.6 is 0 Å². The van der Waals surface area contributed by atoms with Gasteiger partial charge in [0.15, 0.2) is 0 Å². The summed E-state index contributed by atoms with van der Waals surface area (Å²) in [5.41, 5.74) is -0.543. The zero-order valence-electron chi connectivity index (χ0n) is 17.5. The van der Waals surface area contributed by atoms with Crippen LogP contribution < -0.4 is 5.63 Å². The molecule has 0 aliphatic heterocycles. The van der Waals surface area contributed by atoms with Crippen LogP contribution in [0.25, 0.3) is 0 Å². The van der Waals surface area contributed by atoms with Gasteiger partial charge in [0, 0.05) is 17.4 Å². The molecular weight excluding hydrogens is 368 g/mol. The van der Waals surface area contributed by atoms with E-state index in [1.54, 1.807) is 6.26 Å². The summed E-state index contributed by atoms with van der Waals surface area (Å²) in [5, 5.41) is 33.6. The van der Waals surface area contributed by atoms with Crippen LogP contribution in [0, 0.1) is 28.6 Å². The average Bonchev–Trinajstić information content (AvgIpc) is 2.95. The topological polar surface area (TPSA) is 90.9 Å². The molecule has 0 unspecified atom stereocenters. The fourth-order valence-electron chi connectivity index (χ4n) is 8.29. The van der Waals surface area contributed by atoms with E-state index in [2.05, 4.69) is 13.8 Å². The highest BCUT2D eigenvalue weighted by molar-refractivity contribution is 5.27. The highest BCUT2D eigenvalue weighted by atomic mass is 16.4. The summed E-state index contributed by atoms with van der Waals surface area (Å²) >= 11 is 0. The molecule has 4 saturated carbocycles. The van der Waals surface area contributed by atoms with Crippen molar-refractivity contribution in [2.24, 2.45) is 28.6 Å². The number of hydrogen-bond acceptors (Lipinski definition) is 5. The average molecular weight is 403 g/mol. The van der Waals surface area contributed by atoms with Crippen molar-refractivity contribution in [3.8, 4) is 0 Å². The molecule has 0 spiro atoms. The van der Waals surface area contributed by atoms with E-state index in [9.17, 15) is 20.1 Å². The minimum absolute atomic E-state index is 0.0812. The summed E-state index contributed by atoms with van der Waals surface area (Å²) in [6.45, 7) is 4.52. The third kappa shape index (κ3) is 2.60. The van der Waals surface area contributed by atoms with Crippen LogP contribution in [-0.2, 0) is 0 Å². The minimum Gasteiger partial charge on any atom is -0.431 e. The zero-order valence-corrected chi connectivity index (χ0v) is 17.5. The van der Waals surface area contributed by atoms with E-state index >= 15 is 0 Å². The Balaban J connectivity index is 1.52. The van der Waals surface area contributed by atoms with Crippen molar-refractivity contribution in [2.75, 3.05) is 0 Å². The minimum atomic E-state index is -0.916. The second-order valence-electron chi connectivity index (χ2n) is 10.9. The van der Waals surface area contributed by atoms with E-state index in [1.165, 1.54) is 6.07 Å². The van der Waals surface area contributed by atoms with Gasteiger partial charge < -0.3 is 19.7 Å². The fraction of sp³-hybridized carbons (Fsp3) is 0.792. The van der Waals surface area contributed by atoms with E-state index in [4.69, 9.17) is 4.42 Å². The maximum Gasteiger partial charge on any atom is 0.335 e. The van der Waals surface area contributed by atoms with Gasteiger partial charge in [-0.15, -0.1) is 0 Å². The predicted octanol–water partition coefficient (Wildman–Crippen LogP) is 3.21. The predicted molar refractivity (Wildman–Crippen MR) is 108 cm³/mol. The van der Waals surface area contributed by atoms with Crippen molar-refractivity contribution < 1.29 is 19.7 Å². The highest BCUT2D eigenvalue weighted by Gasteiger charge is 2.69. The van der Waals surface area contributed by atoms with E-state index in [0.29, 0.717) is 18.8 Å². The first kappa shape index (κ1) is 19.8. The number of aliphatic hydroxyl groups excluding tert-OH is 2. The molecular formula is C24H34O5. The molecule has 1 aromatic rings. The van der Waals surface area contributed by atoms with Gasteiger partial charge in [-0.1, -0.05) is 13.8 Å². The smallest absolute Gasteiger partial charge is 0.335 e. The molecule has 0 saturated heterocycles. The van der Waals surface area contributed by atoms with Crippen molar-refractivity contribution in [2.45, 2.75) is 88.9 Å². The summed E-state index contributed by atoms with van der Waals surface area (Å²) in [4.78, 5) is 11.4. The quantitative estimate of drug-likeness (QED) is 0.671. The van der Waals surface area contributed by atoms with Crippen molar-refractivity contribution in [1.82, 2.24) is 0 Å². The van der Waals surface area contributed by atoms with Crippen LogP contribution in [0.3, 0.4) is 0 Å². The van der Waals surface area contributed by atoms with Gasteiger partial charge in [0.25, 0.3) is 0 Å². The number of aliphatic hydroxyl groups is 3. The molecule has 1 aromatic heterocycles. The maximum atomic E-state index is 12.2.